The zero-order valence-corrected chi connectivity index (χ0v) is 10.9. The number of nitrogens with zero attached hydrogens (tertiary/aromatic N) is 1. The van der Waals surface area contributed by atoms with Crippen LogP contribution in [-0.2, 0) is 0 Å². The smallest absolute Gasteiger partial charge is 0.150 e. The number of hydrogen-bond donors (Lipinski definition) is 0. The van der Waals surface area contributed by atoms with Gasteiger partial charge in [0.2, 0.25) is 0 Å². The van der Waals surface area contributed by atoms with Crippen LogP contribution in [0.2, 0.25) is 0 Å². The fraction of sp³-hybridized carbons (Fsp3) is 0.176. The lowest BCUT2D eigenvalue weighted by atomic mass is 10.1. The average molecular weight is 249 g/mol. The predicted molar refractivity (Wildman–Crippen MR) is 78.4 cm³/mol. The van der Waals surface area contributed by atoms with Gasteiger partial charge < -0.3 is 0 Å². The summed E-state index contributed by atoms with van der Waals surface area (Å²) in [6.07, 6.45) is 10.5. The van der Waals surface area contributed by atoms with Crippen LogP contribution in [-0.4, -0.2) is 12.5 Å². The second kappa shape index (κ2) is 6.51. The van der Waals surface area contributed by atoms with E-state index >= 15 is 0 Å². The van der Waals surface area contributed by atoms with Crippen molar-refractivity contribution >= 4 is 12.5 Å². The molecule has 0 fully saturated rings. The van der Waals surface area contributed by atoms with Crippen molar-refractivity contribution in [1.82, 2.24) is 0 Å². The highest BCUT2D eigenvalue weighted by Gasteiger charge is 1.97. The number of benzene rings is 1. The lowest BCUT2D eigenvalue weighted by molar-refractivity contribution is 0.112. The van der Waals surface area contributed by atoms with Crippen molar-refractivity contribution < 1.29 is 4.79 Å². The zero-order valence-electron chi connectivity index (χ0n) is 10.9. The molecular formula is C17H15NO. The highest BCUT2D eigenvalue weighted by atomic mass is 16.1. The molecule has 1 aromatic carbocycles. The Balaban J connectivity index is 2.28. The van der Waals surface area contributed by atoms with E-state index < -0.39 is 0 Å². The Hall–Kier alpha value is -2.40. The largest absolute Gasteiger partial charge is 0.298 e. The standard InChI is InChI=1S/C17H15NO/c1-14-6-7-16(13-19)11-17(14)9-8-15-5-3-2-4-10-18-12-15/h4-7,10-13H,2-3H2,1H3/b10-4+,15-5-,18-12-. The lowest BCUT2D eigenvalue weighted by Gasteiger charge is -1.99. The predicted octanol–water partition coefficient (Wildman–Crippen LogP) is 3.46. The van der Waals surface area contributed by atoms with E-state index in [1.54, 1.807) is 18.5 Å². The summed E-state index contributed by atoms with van der Waals surface area (Å²) in [5.41, 5.74) is 3.52. The summed E-state index contributed by atoms with van der Waals surface area (Å²) < 4.78 is 0. The average Bonchev–Trinajstić information content (AvgIpc) is 2.39. The number of carbonyl (C=O) groups excluding carboxylic acids is 1. The molecule has 2 rings (SSSR count). The minimum atomic E-state index is 0.651. The second-order valence-corrected chi connectivity index (χ2v) is 4.34. The van der Waals surface area contributed by atoms with E-state index in [2.05, 4.69) is 22.9 Å². The third-order valence-corrected chi connectivity index (χ3v) is 2.84. The van der Waals surface area contributed by atoms with E-state index in [1.165, 1.54) is 0 Å². The summed E-state index contributed by atoms with van der Waals surface area (Å²) >= 11 is 0. The van der Waals surface area contributed by atoms with E-state index in [-0.39, 0.29) is 0 Å². The van der Waals surface area contributed by atoms with E-state index in [0.717, 1.165) is 35.8 Å². The molecule has 0 bridgehead atoms. The fourth-order valence-corrected chi connectivity index (χ4v) is 1.72. The number of aldehydes is 1. The first kappa shape index (κ1) is 13.0. The minimum Gasteiger partial charge on any atom is -0.298 e. The summed E-state index contributed by atoms with van der Waals surface area (Å²) in [6.45, 7) is 1.99. The molecule has 19 heavy (non-hydrogen) atoms. The molecule has 0 amide bonds. The Morgan fingerprint density at radius 1 is 1.26 bits per heavy atom. The van der Waals surface area contributed by atoms with Gasteiger partial charge in [0.25, 0.3) is 0 Å². The number of aryl methyl sites for hydroxylation is 1. The molecule has 0 spiro atoms. The molecule has 0 radical (unpaired) electrons. The highest BCUT2D eigenvalue weighted by molar-refractivity contribution is 5.85. The summed E-state index contributed by atoms with van der Waals surface area (Å²) in [5, 5.41) is 0. The van der Waals surface area contributed by atoms with Gasteiger partial charge in [-0.1, -0.05) is 36.1 Å². The van der Waals surface area contributed by atoms with Crippen LogP contribution in [0.4, 0.5) is 0 Å². The molecule has 0 aromatic heterocycles. The first-order chi connectivity index (χ1) is 9.29. The van der Waals surface area contributed by atoms with Crippen LogP contribution < -0.4 is 0 Å². The van der Waals surface area contributed by atoms with Crippen LogP contribution in [0.25, 0.3) is 0 Å². The van der Waals surface area contributed by atoms with Gasteiger partial charge in [0.15, 0.2) is 0 Å². The van der Waals surface area contributed by atoms with E-state index in [0.29, 0.717) is 5.56 Å². The molecule has 0 saturated heterocycles. The first-order valence-corrected chi connectivity index (χ1v) is 6.26. The van der Waals surface area contributed by atoms with Gasteiger partial charge in [0.05, 0.1) is 0 Å². The van der Waals surface area contributed by atoms with Gasteiger partial charge in [0.1, 0.15) is 6.29 Å². The van der Waals surface area contributed by atoms with Gasteiger partial charge in [-0.05, 0) is 31.4 Å². The van der Waals surface area contributed by atoms with Crippen molar-refractivity contribution in [2.45, 2.75) is 19.8 Å². The molecule has 0 atom stereocenters. The molecule has 2 nitrogen and oxygen atoms in total. The lowest BCUT2D eigenvalue weighted by Crippen LogP contribution is -1.88. The number of rotatable bonds is 1. The van der Waals surface area contributed by atoms with Crippen molar-refractivity contribution in [2.75, 3.05) is 0 Å². The molecule has 1 aliphatic rings. The molecule has 1 aliphatic heterocycles. The summed E-state index contributed by atoms with van der Waals surface area (Å²) in [4.78, 5) is 14.9. The summed E-state index contributed by atoms with van der Waals surface area (Å²) in [6, 6.07) is 5.53. The summed E-state index contributed by atoms with van der Waals surface area (Å²) in [5.74, 6) is 6.22. The van der Waals surface area contributed by atoms with Gasteiger partial charge in [-0.15, -0.1) is 0 Å². The molecular weight excluding hydrogens is 234 g/mol. The first-order valence-electron chi connectivity index (χ1n) is 6.26. The maximum Gasteiger partial charge on any atom is 0.150 e. The van der Waals surface area contributed by atoms with Crippen LogP contribution in [0, 0.1) is 18.8 Å². The summed E-state index contributed by atoms with van der Waals surface area (Å²) in [7, 11) is 0. The SMILES string of the molecule is Cc1ccc(C=O)cc1C#CC1=C/CC/C=C/N=C\1. The van der Waals surface area contributed by atoms with Gasteiger partial charge >= 0.3 is 0 Å². The number of hydrogen-bond acceptors (Lipinski definition) is 2. The highest BCUT2D eigenvalue weighted by Crippen LogP contribution is 2.09. The van der Waals surface area contributed by atoms with Crippen molar-refractivity contribution in [3.8, 4) is 11.8 Å². The molecule has 2 heteroatoms. The van der Waals surface area contributed by atoms with Crippen LogP contribution in [0.1, 0.15) is 34.3 Å². The van der Waals surface area contributed by atoms with Crippen LogP contribution in [0.5, 0.6) is 0 Å². The third-order valence-electron chi connectivity index (χ3n) is 2.84. The van der Waals surface area contributed by atoms with Gasteiger partial charge in [0, 0.05) is 29.1 Å². The number of carbonyl (C=O) groups is 1. The Morgan fingerprint density at radius 3 is 3.00 bits per heavy atom. The Labute approximate surface area is 113 Å². The van der Waals surface area contributed by atoms with Gasteiger partial charge in [-0.2, -0.15) is 0 Å². The van der Waals surface area contributed by atoms with Crippen molar-refractivity contribution in [1.29, 1.82) is 0 Å². The van der Waals surface area contributed by atoms with Crippen molar-refractivity contribution in [3.05, 3.63) is 58.8 Å². The van der Waals surface area contributed by atoms with Gasteiger partial charge in [-0.3, -0.25) is 9.79 Å². The molecule has 1 aromatic rings. The molecule has 94 valence electrons. The molecule has 0 aliphatic carbocycles. The zero-order chi connectivity index (χ0) is 13.5. The van der Waals surface area contributed by atoms with E-state index in [1.807, 2.05) is 25.1 Å². The normalized spacial score (nSPS) is 19.9. The maximum absolute atomic E-state index is 10.8. The van der Waals surface area contributed by atoms with Crippen LogP contribution >= 0.6 is 0 Å². The molecule has 0 unspecified atom stereocenters. The number of allylic oxidation sites excluding steroid dienone is 3. The Kier molecular flexibility index (Phi) is 4.47. The monoisotopic (exact) mass is 249 g/mol. The van der Waals surface area contributed by atoms with Crippen molar-refractivity contribution in [2.24, 2.45) is 4.99 Å². The minimum absolute atomic E-state index is 0.651. The Bertz CT molecular complexity index is 624. The molecule has 1 heterocycles. The molecule has 0 N–H and O–H groups in total. The Morgan fingerprint density at radius 2 is 2.16 bits per heavy atom. The van der Waals surface area contributed by atoms with E-state index in [4.69, 9.17) is 0 Å². The van der Waals surface area contributed by atoms with Crippen LogP contribution in [0.15, 0.2) is 47.1 Å². The molecule has 0 saturated carbocycles. The quantitative estimate of drug-likeness (QED) is 0.553. The fourth-order valence-electron chi connectivity index (χ4n) is 1.72. The van der Waals surface area contributed by atoms with E-state index in [9.17, 15) is 4.79 Å². The third kappa shape index (κ3) is 3.79. The van der Waals surface area contributed by atoms with Crippen molar-refractivity contribution in [3.63, 3.8) is 0 Å². The van der Waals surface area contributed by atoms with Gasteiger partial charge in [-0.25, -0.2) is 0 Å². The topological polar surface area (TPSA) is 29.4 Å². The second-order valence-electron chi connectivity index (χ2n) is 4.34. The maximum atomic E-state index is 10.8. The number of aliphatic imine (C=N–C) groups is 1. The van der Waals surface area contributed by atoms with Crippen LogP contribution in [0.3, 0.4) is 0 Å².